The van der Waals surface area contributed by atoms with E-state index in [0.717, 1.165) is 27.8 Å². The van der Waals surface area contributed by atoms with E-state index in [4.69, 9.17) is 13.7 Å². The zero-order valence-corrected chi connectivity index (χ0v) is 25.1. The van der Waals surface area contributed by atoms with Gasteiger partial charge in [0.2, 0.25) is 5.91 Å². The molecule has 220 valence electrons. The number of nitrogens with one attached hydrogen (secondary N) is 1. The van der Waals surface area contributed by atoms with Crippen LogP contribution in [0.4, 0.5) is 10.5 Å². The van der Waals surface area contributed by atoms with Crippen molar-refractivity contribution in [2.45, 2.75) is 32.6 Å². The molecule has 0 atom stereocenters. The standard InChI is InChI=1S/C30H30N2O8S2/c1-5-38-27-17-22(8-13-25(27)40-42(36,37)24-11-9-23(10-12-24)31-21(4)33)18-28-29(34)32(30(35)41-28)14-15-39-26-16-19(2)6-7-20(26)3/h6-13,16-18H,5,14-15H2,1-4H3,(H,31,33)/b28-18-. The van der Waals surface area contributed by atoms with Crippen molar-refractivity contribution >= 4 is 50.7 Å². The van der Waals surface area contributed by atoms with E-state index < -0.39 is 21.3 Å². The number of carbonyl (C=O) groups is 3. The Morgan fingerprint density at radius 1 is 0.952 bits per heavy atom. The molecule has 3 aromatic rings. The SMILES string of the molecule is CCOc1cc(/C=C2\SC(=O)N(CCOc3cc(C)ccc3C)C2=O)ccc1OS(=O)(=O)c1ccc(NC(C)=O)cc1. The van der Waals surface area contributed by atoms with Crippen molar-refractivity contribution < 1.29 is 36.5 Å². The molecule has 1 fully saturated rings. The predicted molar refractivity (Wildman–Crippen MR) is 160 cm³/mol. The van der Waals surface area contributed by atoms with Gasteiger partial charge in [-0.15, -0.1) is 0 Å². The Morgan fingerprint density at radius 2 is 1.69 bits per heavy atom. The van der Waals surface area contributed by atoms with E-state index in [1.807, 2.05) is 32.0 Å². The van der Waals surface area contributed by atoms with Crippen molar-refractivity contribution in [3.63, 3.8) is 0 Å². The maximum Gasteiger partial charge on any atom is 0.339 e. The molecule has 0 spiro atoms. The molecule has 4 rings (SSSR count). The second-order valence-corrected chi connectivity index (χ2v) is 11.9. The van der Waals surface area contributed by atoms with Crippen molar-refractivity contribution in [3.8, 4) is 17.2 Å². The first-order chi connectivity index (χ1) is 20.0. The monoisotopic (exact) mass is 610 g/mol. The van der Waals surface area contributed by atoms with E-state index >= 15 is 0 Å². The quantitative estimate of drug-likeness (QED) is 0.220. The van der Waals surface area contributed by atoms with E-state index in [0.29, 0.717) is 17.0 Å². The molecule has 1 saturated heterocycles. The lowest BCUT2D eigenvalue weighted by Gasteiger charge is -2.15. The maximum atomic E-state index is 13.0. The van der Waals surface area contributed by atoms with Crippen molar-refractivity contribution in [3.05, 3.63) is 82.3 Å². The number of hydrogen-bond acceptors (Lipinski definition) is 9. The van der Waals surface area contributed by atoms with Crippen molar-refractivity contribution in [2.24, 2.45) is 0 Å². The zero-order valence-electron chi connectivity index (χ0n) is 23.5. The lowest BCUT2D eigenvalue weighted by molar-refractivity contribution is -0.123. The molecule has 0 radical (unpaired) electrons. The summed E-state index contributed by atoms with van der Waals surface area (Å²) in [5.74, 6) is 0.0724. The van der Waals surface area contributed by atoms with E-state index in [9.17, 15) is 22.8 Å². The van der Waals surface area contributed by atoms with Crippen LogP contribution in [-0.2, 0) is 19.7 Å². The third-order valence-corrected chi connectivity index (χ3v) is 8.17. The number of hydrogen-bond donors (Lipinski definition) is 1. The number of ether oxygens (including phenoxy) is 2. The number of benzene rings is 3. The van der Waals surface area contributed by atoms with Crippen LogP contribution in [0.25, 0.3) is 6.08 Å². The van der Waals surface area contributed by atoms with Crippen molar-refractivity contribution in [1.29, 1.82) is 0 Å². The summed E-state index contributed by atoms with van der Waals surface area (Å²) in [7, 11) is -4.22. The Balaban J connectivity index is 1.47. The summed E-state index contributed by atoms with van der Waals surface area (Å²) in [4.78, 5) is 38.0. The molecule has 1 aliphatic rings. The number of nitrogens with zero attached hydrogens (tertiary/aromatic N) is 1. The Labute approximate surface area is 248 Å². The second-order valence-electron chi connectivity index (χ2n) is 9.33. The number of imide groups is 1. The highest BCUT2D eigenvalue weighted by molar-refractivity contribution is 8.18. The van der Waals surface area contributed by atoms with Crippen LogP contribution in [0.5, 0.6) is 17.2 Å². The number of rotatable bonds is 11. The first kappa shape index (κ1) is 30.7. The van der Waals surface area contributed by atoms with Crippen LogP contribution in [0.15, 0.2) is 70.5 Å². The smallest absolute Gasteiger partial charge is 0.339 e. The molecule has 1 N–H and O–H groups in total. The van der Waals surface area contributed by atoms with E-state index in [-0.39, 0.29) is 47.0 Å². The molecule has 42 heavy (non-hydrogen) atoms. The van der Waals surface area contributed by atoms with Gasteiger partial charge in [-0.3, -0.25) is 19.3 Å². The molecule has 12 heteroatoms. The number of carbonyl (C=O) groups excluding carboxylic acids is 3. The first-order valence-corrected chi connectivity index (χ1v) is 15.2. The Hall–Kier alpha value is -4.29. The van der Waals surface area contributed by atoms with Gasteiger partial charge in [0, 0.05) is 12.6 Å². The first-order valence-electron chi connectivity index (χ1n) is 13.0. The molecule has 0 bridgehead atoms. The highest BCUT2D eigenvalue weighted by Gasteiger charge is 2.35. The van der Waals surface area contributed by atoms with Crippen LogP contribution in [0.3, 0.4) is 0 Å². The van der Waals surface area contributed by atoms with Gasteiger partial charge in [-0.05, 0) is 97.8 Å². The molecule has 3 amide bonds. The lowest BCUT2D eigenvalue weighted by atomic mass is 10.1. The minimum atomic E-state index is -4.22. The van der Waals surface area contributed by atoms with E-state index in [1.54, 1.807) is 13.0 Å². The zero-order chi connectivity index (χ0) is 30.4. The second kappa shape index (κ2) is 13.1. The summed E-state index contributed by atoms with van der Waals surface area (Å²) in [5.41, 5.74) is 2.96. The van der Waals surface area contributed by atoms with Crippen LogP contribution in [0.2, 0.25) is 0 Å². The molecular formula is C30H30N2O8S2. The van der Waals surface area contributed by atoms with Crippen LogP contribution in [0.1, 0.15) is 30.5 Å². The molecule has 10 nitrogen and oxygen atoms in total. The van der Waals surface area contributed by atoms with Gasteiger partial charge >= 0.3 is 10.1 Å². The molecule has 0 saturated carbocycles. The maximum absolute atomic E-state index is 13.0. The van der Waals surface area contributed by atoms with Crippen LogP contribution in [-0.4, -0.2) is 50.1 Å². The van der Waals surface area contributed by atoms with Gasteiger partial charge in [-0.2, -0.15) is 8.42 Å². The van der Waals surface area contributed by atoms with Gasteiger partial charge in [-0.1, -0.05) is 18.2 Å². The summed E-state index contributed by atoms with van der Waals surface area (Å²) in [6.07, 6.45) is 1.54. The fraction of sp³-hybridized carbons (Fsp3) is 0.233. The normalized spacial score (nSPS) is 14.3. The highest BCUT2D eigenvalue weighted by atomic mass is 32.2. The Morgan fingerprint density at radius 3 is 2.38 bits per heavy atom. The Kier molecular flexibility index (Phi) is 9.59. The largest absolute Gasteiger partial charge is 0.491 e. The fourth-order valence-electron chi connectivity index (χ4n) is 3.98. The third-order valence-electron chi connectivity index (χ3n) is 6.02. The lowest BCUT2D eigenvalue weighted by Crippen LogP contribution is -2.32. The average molecular weight is 611 g/mol. The average Bonchev–Trinajstić information content (AvgIpc) is 3.19. The van der Waals surface area contributed by atoms with Crippen LogP contribution < -0.4 is 19.0 Å². The summed E-state index contributed by atoms with van der Waals surface area (Å²) in [6, 6.07) is 15.9. The van der Waals surface area contributed by atoms with Gasteiger partial charge in [0.25, 0.3) is 11.1 Å². The minimum absolute atomic E-state index is 0.0448. The van der Waals surface area contributed by atoms with Crippen LogP contribution in [0, 0.1) is 13.8 Å². The van der Waals surface area contributed by atoms with Crippen LogP contribution >= 0.6 is 11.8 Å². The van der Waals surface area contributed by atoms with E-state index in [1.165, 1.54) is 49.4 Å². The molecule has 0 unspecified atom stereocenters. The highest BCUT2D eigenvalue weighted by Crippen LogP contribution is 2.36. The summed E-state index contributed by atoms with van der Waals surface area (Å²) >= 11 is 0.813. The summed E-state index contributed by atoms with van der Waals surface area (Å²) in [5, 5.41) is 2.16. The van der Waals surface area contributed by atoms with E-state index in [2.05, 4.69) is 5.32 Å². The van der Waals surface area contributed by atoms with Crippen molar-refractivity contribution in [2.75, 3.05) is 25.1 Å². The number of amides is 3. The molecule has 1 aliphatic heterocycles. The topological polar surface area (TPSA) is 128 Å². The number of aryl methyl sites for hydroxylation is 2. The third kappa shape index (κ3) is 7.51. The number of thioether (sulfide) groups is 1. The van der Waals surface area contributed by atoms with Gasteiger partial charge in [-0.25, -0.2) is 0 Å². The molecule has 0 aromatic heterocycles. The van der Waals surface area contributed by atoms with Gasteiger partial charge in [0.05, 0.1) is 18.1 Å². The minimum Gasteiger partial charge on any atom is -0.491 e. The van der Waals surface area contributed by atoms with Gasteiger partial charge < -0.3 is 19.0 Å². The molecule has 3 aromatic carbocycles. The predicted octanol–water partition coefficient (Wildman–Crippen LogP) is 5.54. The molecule has 1 heterocycles. The van der Waals surface area contributed by atoms with Crippen molar-refractivity contribution in [1.82, 2.24) is 4.90 Å². The number of anilines is 1. The molecule has 0 aliphatic carbocycles. The summed E-state index contributed by atoms with van der Waals surface area (Å²) in [6.45, 7) is 7.43. The fourth-order valence-corrected chi connectivity index (χ4v) is 5.78. The summed E-state index contributed by atoms with van der Waals surface area (Å²) < 4.78 is 42.6. The molecular weight excluding hydrogens is 580 g/mol. The van der Waals surface area contributed by atoms with Gasteiger partial charge in [0.1, 0.15) is 17.3 Å². The van der Waals surface area contributed by atoms with Gasteiger partial charge in [0.15, 0.2) is 11.5 Å². The Bertz CT molecular complexity index is 1650.